The lowest BCUT2D eigenvalue weighted by molar-refractivity contribution is 0.602. The van der Waals surface area contributed by atoms with Gasteiger partial charge in [0.25, 0.3) is 0 Å². The average molecular weight is 239 g/mol. The number of hydrogen-bond donors (Lipinski definition) is 0. The second-order valence-corrected chi connectivity index (χ2v) is 4.60. The molecule has 0 aliphatic heterocycles. The molecule has 92 valence electrons. The van der Waals surface area contributed by atoms with Gasteiger partial charge in [0.1, 0.15) is 0 Å². The zero-order valence-electron chi connectivity index (χ0n) is 10.8. The fraction of sp³-hybridized carbons (Fsp3) is 0.267. The lowest BCUT2D eigenvalue weighted by Crippen LogP contribution is -2.07. The molecule has 0 aliphatic rings. The molecule has 3 rings (SSSR count). The Morgan fingerprint density at radius 1 is 1.17 bits per heavy atom. The quantitative estimate of drug-likeness (QED) is 0.688. The smallest absolute Gasteiger partial charge is 0.0645 e. The molecule has 2 aromatic heterocycles. The number of aromatic nitrogens is 3. The standard InChI is InChI=1S/C15H17N3/c1-3-18-14(10-12(2)16-18)11-17-9-8-13-6-4-5-7-15(13)17/h4-10H,3,11H2,1-2H3. The Morgan fingerprint density at radius 2 is 2.00 bits per heavy atom. The highest BCUT2D eigenvalue weighted by Gasteiger charge is 2.06. The van der Waals surface area contributed by atoms with Gasteiger partial charge in [-0.25, -0.2) is 0 Å². The van der Waals surface area contributed by atoms with Crippen LogP contribution in [0.15, 0.2) is 42.6 Å². The largest absolute Gasteiger partial charge is 0.341 e. The Kier molecular flexibility index (Phi) is 2.67. The molecular weight excluding hydrogens is 222 g/mol. The normalized spacial score (nSPS) is 11.2. The summed E-state index contributed by atoms with van der Waals surface area (Å²) in [5.74, 6) is 0. The van der Waals surface area contributed by atoms with Crippen molar-refractivity contribution in [3.63, 3.8) is 0 Å². The van der Waals surface area contributed by atoms with Crippen molar-refractivity contribution in [3.8, 4) is 0 Å². The van der Waals surface area contributed by atoms with E-state index in [2.05, 4.69) is 63.9 Å². The highest BCUT2D eigenvalue weighted by Crippen LogP contribution is 2.17. The van der Waals surface area contributed by atoms with Gasteiger partial charge in [0, 0.05) is 18.3 Å². The van der Waals surface area contributed by atoms with Gasteiger partial charge in [0.2, 0.25) is 0 Å². The Balaban J connectivity index is 2.01. The van der Waals surface area contributed by atoms with Crippen molar-refractivity contribution in [2.45, 2.75) is 26.9 Å². The van der Waals surface area contributed by atoms with Crippen molar-refractivity contribution in [2.75, 3.05) is 0 Å². The summed E-state index contributed by atoms with van der Waals surface area (Å²) >= 11 is 0. The summed E-state index contributed by atoms with van der Waals surface area (Å²) in [6.45, 7) is 5.97. The minimum atomic E-state index is 0.877. The van der Waals surface area contributed by atoms with E-state index in [1.807, 2.05) is 6.92 Å². The van der Waals surface area contributed by atoms with Gasteiger partial charge >= 0.3 is 0 Å². The van der Waals surface area contributed by atoms with Gasteiger partial charge in [0.05, 0.1) is 17.9 Å². The van der Waals surface area contributed by atoms with Crippen LogP contribution >= 0.6 is 0 Å². The molecule has 0 bridgehead atoms. The van der Waals surface area contributed by atoms with Crippen LogP contribution in [0.3, 0.4) is 0 Å². The summed E-state index contributed by atoms with van der Waals surface area (Å²) in [5, 5.41) is 5.78. The first kappa shape index (κ1) is 11.1. The van der Waals surface area contributed by atoms with Gasteiger partial charge in [-0.15, -0.1) is 0 Å². The summed E-state index contributed by atoms with van der Waals surface area (Å²) in [6, 6.07) is 12.8. The summed E-state index contributed by atoms with van der Waals surface area (Å²) in [4.78, 5) is 0. The third kappa shape index (κ3) is 1.82. The van der Waals surface area contributed by atoms with Gasteiger partial charge in [0.15, 0.2) is 0 Å². The SMILES string of the molecule is CCn1nc(C)cc1Cn1ccc2ccccc21. The Bertz CT molecular complexity index is 676. The van der Waals surface area contributed by atoms with Crippen LogP contribution in [0, 0.1) is 6.92 Å². The number of fused-ring (bicyclic) bond motifs is 1. The molecule has 0 amide bonds. The summed E-state index contributed by atoms with van der Waals surface area (Å²) in [7, 11) is 0. The molecule has 1 aromatic carbocycles. The van der Waals surface area contributed by atoms with E-state index in [1.54, 1.807) is 0 Å². The van der Waals surface area contributed by atoms with Crippen molar-refractivity contribution in [3.05, 3.63) is 54.0 Å². The van der Waals surface area contributed by atoms with Gasteiger partial charge in [-0.1, -0.05) is 18.2 Å². The topological polar surface area (TPSA) is 22.8 Å². The lowest BCUT2D eigenvalue weighted by atomic mass is 10.2. The number of aryl methyl sites for hydroxylation is 2. The highest BCUT2D eigenvalue weighted by molar-refractivity contribution is 5.79. The minimum Gasteiger partial charge on any atom is -0.341 e. The average Bonchev–Trinajstić information content (AvgIpc) is 2.94. The van der Waals surface area contributed by atoms with E-state index in [-0.39, 0.29) is 0 Å². The number of para-hydroxylation sites is 1. The lowest BCUT2D eigenvalue weighted by Gasteiger charge is -2.07. The van der Waals surface area contributed by atoms with Crippen molar-refractivity contribution < 1.29 is 0 Å². The molecule has 0 spiro atoms. The molecule has 0 saturated carbocycles. The van der Waals surface area contributed by atoms with E-state index in [4.69, 9.17) is 0 Å². The zero-order valence-corrected chi connectivity index (χ0v) is 10.8. The maximum atomic E-state index is 4.49. The van der Waals surface area contributed by atoms with Crippen LogP contribution < -0.4 is 0 Å². The molecule has 3 nitrogen and oxygen atoms in total. The van der Waals surface area contributed by atoms with Crippen LogP contribution in [0.1, 0.15) is 18.3 Å². The van der Waals surface area contributed by atoms with Crippen LogP contribution in [0.2, 0.25) is 0 Å². The molecule has 0 aliphatic carbocycles. The monoisotopic (exact) mass is 239 g/mol. The molecule has 0 saturated heterocycles. The Labute approximate surface area is 107 Å². The highest BCUT2D eigenvalue weighted by atomic mass is 15.3. The first-order valence-electron chi connectivity index (χ1n) is 6.35. The molecule has 18 heavy (non-hydrogen) atoms. The molecule has 0 radical (unpaired) electrons. The second kappa shape index (κ2) is 4.33. The van der Waals surface area contributed by atoms with E-state index in [1.165, 1.54) is 16.6 Å². The first-order chi connectivity index (χ1) is 8.78. The third-order valence-corrected chi connectivity index (χ3v) is 3.30. The van der Waals surface area contributed by atoms with Crippen molar-refractivity contribution in [1.29, 1.82) is 0 Å². The predicted octanol–water partition coefficient (Wildman–Crippen LogP) is 3.21. The van der Waals surface area contributed by atoms with Crippen LogP contribution in [0.5, 0.6) is 0 Å². The molecule has 0 atom stereocenters. The maximum absolute atomic E-state index is 4.49. The third-order valence-electron chi connectivity index (χ3n) is 3.30. The van der Waals surface area contributed by atoms with Gasteiger partial charge in [-0.3, -0.25) is 4.68 Å². The Hall–Kier alpha value is -2.03. The van der Waals surface area contributed by atoms with E-state index in [0.717, 1.165) is 18.8 Å². The first-order valence-corrected chi connectivity index (χ1v) is 6.35. The van der Waals surface area contributed by atoms with Crippen LogP contribution in [0.4, 0.5) is 0 Å². The molecule has 0 N–H and O–H groups in total. The fourth-order valence-corrected chi connectivity index (χ4v) is 2.45. The van der Waals surface area contributed by atoms with Crippen molar-refractivity contribution in [2.24, 2.45) is 0 Å². The van der Waals surface area contributed by atoms with E-state index in [0.29, 0.717) is 0 Å². The summed E-state index contributed by atoms with van der Waals surface area (Å²) < 4.78 is 4.35. The molecule has 3 aromatic rings. The van der Waals surface area contributed by atoms with Crippen molar-refractivity contribution >= 4 is 10.9 Å². The zero-order chi connectivity index (χ0) is 12.5. The number of nitrogens with zero attached hydrogens (tertiary/aromatic N) is 3. The van der Waals surface area contributed by atoms with Gasteiger partial charge < -0.3 is 4.57 Å². The van der Waals surface area contributed by atoms with E-state index >= 15 is 0 Å². The second-order valence-electron chi connectivity index (χ2n) is 4.60. The molecule has 0 unspecified atom stereocenters. The number of rotatable bonds is 3. The summed E-state index contributed by atoms with van der Waals surface area (Å²) in [6.07, 6.45) is 2.15. The van der Waals surface area contributed by atoms with E-state index in [9.17, 15) is 0 Å². The fourth-order valence-electron chi connectivity index (χ4n) is 2.45. The van der Waals surface area contributed by atoms with Crippen LogP contribution in [-0.4, -0.2) is 14.3 Å². The van der Waals surface area contributed by atoms with Crippen molar-refractivity contribution in [1.82, 2.24) is 14.3 Å². The van der Waals surface area contributed by atoms with E-state index < -0.39 is 0 Å². The van der Waals surface area contributed by atoms with Gasteiger partial charge in [-0.2, -0.15) is 5.10 Å². The van der Waals surface area contributed by atoms with Gasteiger partial charge in [-0.05, 0) is 37.4 Å². The number of benzene rings is 1. The Morgan fingerprint density at radius 3 is 2.83 bits per heavy atom. The van der Waals surface area contributed by atoms with Crippen LogP contribution in [-0.2, 0) is 13.1 Å². The molecular formula is C15H17N3. The molecule has 3 heteroatoms. The maximum Gasteiger partial charge on any atom is 0.0645 e. The molecule has 2 heterocycles. The minimum absolute atomic E-state index is 0.877. The predicted molar refractivity (Wildman–Crippen MR) is 73.7 cm³/mol. The summed E-state index contributed by atoms with van der Waals surface area (Å²) in [5.41, 5.74) is 3.62. The number of hydrogen-bond acceptors (Lipinski definition) is 1. The van der Waals surface area contributed by atoms with Crippen LogP contribution in [0.25, 0.3) is 10.9 Å². The molecule has 0 fully saturated rings.